The lowest BCUT2D eigenvalue weighted by Gasteiger charge is -2.20. The zero-order valence-electron chi connectivity index (χ0n) is 18.9. The smallest absolute Gasteiger partial charge is 0.322 e. The number of carboxylic acids is 1. The molecule has 5 heteroatoms. The molecule has 2 aromatic carbocycles. The number of amides is 1. The van der Waals surface area contributed by atoms with Crippen LogP contribution in [0.15, 0.2) is 29.8 Å². The fourth-order valence-corrected chi connectivity index (χ4v) is 3.63. The number of hydrogen-bond acceptors (Lipinski definition) is 3. The molecule has 1 amide bonds. The van der Waals surface area contributed by atoms with Gasteiger partial charge in [-0.25, -0.2) is 0 Å². The average Bonchev–Trinajstić information content (AvgIpc) is 2.68. The van der Waals surface area contributed by atoms with E-state index in [4.69, 9.17) is 5.11 Å². The summed E-state index contributed by atoms with van der Waals surface area (Å²) < 4.78 is 0. The summed E-state index contributed by atoms with van der Waals surface area (Å²) in [6.07, 6.45) is 1.85. The predicted octanol–water partition coefficient (Wildman–Crippen LogP) is 5.01. The molecule has 0 aromatic heterocycles. The molecule has 0 saturated heterocycles. The summed E-state index contributed by atoms with van der Waals surface area (Å²) in [5.41, 5.74) is 9.54. The number of aliphatic carboxylic acids is 1. The summed E-state index contributed by atoms with van der Waals surface area (Å²) in [6, 6.07) is 8.86. The van der Waals surface area contributed by atoms with Crippen LogP contribution in [-0.4, -0.2) is 29.6 Å². The molecule has 0 aliphatic heterocycles. The molecule has 3 N–H and O–H groups in total. The van der Waals surface area contributed by atoms with E-state index in [-0.39, 0.29) is 12.5 Å². The molecule has 5 nitrogen and oxygen atoms in total. The van der Waals surface area contributed by atoms with Crippen molar-refractivity contribution < 1.29 is 14.7 Å². The molecule has 160 valence electrons. The number of carbonyl (C=O) groups is 2. The van der Waals surface area contributed by atoms with Crippen molar-refractivity contribution >= 4 is 23.6 Å². The van der Waals surface area contributed by atoms with Crippen molar-refractivity contribution in [3.63, 3.8) is 0 Å². The molecular formula is C25H32N2O3. The number of hydrogen-bond donors (Lipinski definition) is 3. The van der Waals surface area contributed by atoms with Crippen LogP contribution in [0, 0.1) is 27.7 Å². The molecule has 0 radical (unpaired) electrons. The van der Waals surface area contributed by atoms with Crippen LogP contribution in [0.1, 0.15) is 48.6 Å². The Balaban J connectivity index is 2.46. The monoisotopic (exact) mass is 408 g/mol. The highest BCUT2D eigenvalue weighted by molar-refractivity contribution is 5.99. The molecule has 0 atom stereocenters. The third kappa shape index (κ3) is 5.29. The lowest BCUT2D eigenvalue weighted by Crippen LogP contribution is -2.29. The van der Waals surface area contributed by atoms with E-state index in [1.807, 2.05) is 6.08 Å². The zero-order chi connectivity index (χ0) is 22.6. The van der Waals surface area contributed by atoms with E-state index in [9.17, 15) is 9.59 Å². The fourth-order valence-electron chi connectivity index (χ4n) is 3.63. The van der Waals surface area contributed by atoms with E-state index in [0.717, 1.165) is 27.9 Å². The first-order valence-corrected chi connectivity index (χ1v) is 10.2. The summed E-state index contributed by atoms with van der Waals surface area (Å²) >= 11 is 0. The summed E-state index contributed by atoms with van der Waals surface area (Å²) in [6.45, 7) is 13.9. The van der Waals surface area contributed by atoms with Crippen molar-refractivity contribution in [2.75, 3.05) is 11.9 Å². The lowest BCUT2D eigenvalue weighted by molar-refractivity contribution is -0.137. The van der Waals surface area contributed by atoms with Gasteiger partial charge < -0.3 is 15.7 Å². The van der Waals surface area contributed by atoms with Crippen LogP contribution in [0.3, 0.4) is 0 Å². The zero-order valence-corrected chi connectivity index (χ0v) is 18.9. The van der Waals surface area contributed by atoms with Gasteiger partial charge >= 0.3 is 5.97 Å². The van der Waals surface area contributed by atoms with Gasteiger partial charge in [0.2, 0.25) is 5.91 Å². The first-order valence-electron chi connectivity index (χ1n) is 10.2. The predicted molar refractivity (Wildman–Crippen MR) is 124 cm³/mol. The third-order valence-electron chi connectivity index (χ3n) is 5.43. The Hall–Kier alpha value is -3.08. The molecule has 0 heterocycles. The number of carbonyl (C=O) groups excluding carboxylic acids is 1. The first kappa shape index (κ1) is 23.2. The van der Waals surface area contributed by atoms with Gasteiger partial charge in [-0.2, -0.15) is 0 Å². The van der Waals surface area contributed by atoms with Crippen LogP contribution in [0.4, 0.5) is 5.69 Å². The SMILES string of the molecule is C/C(=C\c1c(C)c(C)c(-c2ccc(NC(C)C)cc2)c(C)c1C)C(=O)NCC(=O)O. The normalized spacial score (nSPS) is 11.5. The topological polar surface area (TPSA) is 78.4 Å². The van der Waals surface area contributed by atoms with Crippen LogP contribution in [0.25, 0.3) is 17.2 Å². The van der Waals surface area contributed by atoms with Gasteiger partial charge in [0.1, 0.15) is 6.54 Å². The minimum atomic E-state index is -1.06. The molecular weight excluding hydrogens is 376 g/mol. The van der Waals surface area contributed by atoms with E-state index >= 15 is 0 Å². The molecule has 0 aliphatic carbocycles. The van der Waals surface area contributed by atoms with Crippen LogP contribution in [-0.2, 0) is 9.59 Å². The van der Waals surface area contributed by atoms with Crippen molar-refractivity contribution in [3.05, 3.63) is 57.7 Å². The van der Waals surface area contributed by atoms with Crippen LogP contribution in [0.5, 0.6) is 0 Å². The highest BCUT2D eigenvalue weighted by Gasteiger charge is 2.16. The molecule has 0 bridgehead atoms. The van der Waals surface area contributed by atoms with Gasteiger partial charge in [0.15, 0.2) is 0 Å². The second-order valence-corrected chi connectivity index (χ2v) is 8.07. The maximum atomic E-state index is 12.2. The molecule has 0 spiro atoms. The second kappa shape index (κ2) is 9.61. The van der Waals surface area contributed by atoms with E-state index in [1.54, 1.807) is 6.92 Å². The van der Waals surface area contributed by atoms with Gasteiger partial charge in [0.05, 0.1) is 0 Å². The highest BCUT2D eigenvalue weighted by atomic mass is 16.4. The molecule has 2 aromatic rings. The van der Waals surface area contributed by atoms with Gasteiger partial charge in [-0.1, -0.05) is 12.1 Å². The highest BCUT2D eigenvalue weighted by Crippen LogP contribution is 2.35. The lowest BCUT2D eigenvalue weighted by atomic mass is 9.85. The Morgan fingerprint density at radius 3 is 1.97 bits per heavy atom. The molecule has 0 saturated carbocycles. The van der Waals surface area contributed by atoms with Crippen molar-refractivity contribution in [3.8, 4) is 11.1 Å². The Morgan fingerprint density at radius 1 is 0.967 bits per heavy atom. The van der Waals surface area contributed by atoms with Gasteiger partial charge in [0, 0.05) is 17.3 Å². The minimum Gasteiger partial charge on any atom is -0.480 e. The largest absolute Gasteiger partial charge is 0.480 e. The Bertz CT molecular complexity index is 957. The van der Waals surface area contributed by atoms with Crippen LogP contribution < -0.4 is 10.6 Å². The maximum Gasteiger partial charge on any atom is 0.322 e. The quantitative estimate of drug-likeness (QED) is 0.563. The second-order valence-electron chi connectivity index (χ2n) is 8.07. The average molecular weight is 409 g/mol. The van der Waals surface area contributed by atoms with E-state index in [2.05, 4.69) is 76.4 Å². The van der Waals surface area contributed by atoms with Crippen molar-refractivity contribution in [1.29, 1.82) is 0 Å². The number of benzene rings is 2. The maximum absolute atomic E-state index is 12.2. The van der Waals surface area contributed by atoms with Crippen molar-refractivity contribution in [2.24, 2.45) is 0 Å². The molecule has 0 fully saturated rings. The van der Waals surface area contributed by atoms with E-state index in [0.29, 0.717) is 11.6 Å². The number of anilines is 1. The summed E-state index contributed by atoms with van der Waals surface area (Å²) in [7, 11) is 0. The number of nitrogens with one attached hydrogen (secondary N) is 2. The van der Waals surface area contributed by atoms with Crippen LogP contribution >= 0.6 is 0 Å². The van der Waals surface area contributed by atoms with Gasteiger partial charge in [0.25, 0.3) is 0 Å². The fraction of sp³-hybridized carbons (Fsp3) is 0.360. The van der Waals surface area contributed by atoms with Crippen LogP contribution in [0.2, 0.25) is 0 Å². The Morgan fingerprint density at radius 2 is 1.50 bits per heavy atom. The molecule has 30 heavy (non-hydrogen) atoms. The molecule has 0 unspecified atom stereocenters. The van der Waals surface area contributed by atoms with Gasteiger partial charge in [-0.15, -0.1) is 0 Å². The molecule has 0 aliphatic rings. The van der Waals surface area contributed by atoms with Crippen molar-refractivity contribution in [1.82, 2.24) is 5.32 Å². The minimum absolute atomic E-state index is 0.371. The summed E-state index contributed by atoms with van der Waals surface area (Å²) in [5.74, 6) is -1.43. The first-order chi connectivity index (χ1) is 14.0. The number of rotatable bonds is 7. The Labute approximate surface area is 179 Å². The Kier molecular flexibility index (Phi) is 7.43. The van der Waals surface area contributed by atoms with Crippen molar-refractivity contribution in [2.45, 2.75) is 54.5 Å². The summed E-state index contributed by atoms with van der Waals surface area (Å²) in [4.78, 5) is 22.9. The van der Waals surface area contributed by atoms with Gasteiger partial charge in [-0.3, -0.25) is 9.59 Å². The van der Waals surface area contributed by atoms with E-state index in [1.165, 1.54) is 16.7 Å². The van der Waals surface area contributed by atoms with E-state index < -0.39 is 5.97 Å². The summed E-state index contributed by atoms with van der Waals surface area (Å²) in [5, 5.41) is 14.6. The standard InChI is InChI=1S/C25H32N2O3/c1-14(2)27-21-10-8-20(9-11-21)24-18(6)16(4)22(17(5)19(24)7)12-15(3)25(30)26-13-23(28)29/h8-12,14,27H,13H2,1-7H3,(H,26,30)(H,28,29)/b15-12+. The molecule has 2 rings (SSSR count). The third-order valence-corrected chi connectivity index (χ3v) is 5.43. The number of carboxylic acid groups (broad SMARTS) is 1. The van der Waals surface area contributed by atoms with Gasteiger partial charge in [-0.05, 0) is 106 Å².